The summed E-state index contributed by atoms with van der Waals surface area (Å²) >= 11 is 1.73. The molecule has 0 fully saturated rings. The van der Waals surface area contributed by atoms with Crippen molar-refractivity contribution in [2.24, 2.45) is 5.73 Å². The van der Waals surface area contributed by atoms with Crippen LogP contribution in [0.15, 0.2) is 47.5 Å². The fourth-order valence-corrected chi connectivity index (χ4v) is 2.50. The number of thioether (sulfide) groups is 1. The van der Waals surface area contributed by atoms with Crippen LogP contribution in [0.5, 0.6) is 0 Å². The molecule has 0 spiro atoms. The van der Waals surface area contributed by atoms with Gasteiger partial charge in [-0.25, -0.2) is 0 Å². The molecule has 2 aromatic rings. The number of nitrogens with one attached hydrogen (secondary N) is 1. The topological polar surface area (TPSA) is 62.8 Å². The van der Waals surface area contributed by atoms with E-state index < -0.39 is 0 Å². The molecule has 4 heteroatoms. The van der Waals surface area contributed by atoms with Crippen molar-refractivity contribution in [2.45, 2.75) is 17.6 Å². The van der Waals surface area contributed by atoms with Crippen LogP contribution in [-0.4, -0.2) is 10.8 Å². The second-order valence-electron chi connectivity index (χ2n) is 4.01. The van der Waals surface area contributed by atoms with Crippen molar-refractivity contribution >= 4 is 17.6 Å². The van der Waals surface area contributed by atoms with Crippen molar-refractivity contribution in [3.63, 3.8) is 0 Å². The number of aryl methyl sites for hydroxylation is 1. The number of hydrogen-bond donors (Lipinski definition) is 2. The number of nitrogens with zero attached hydrogens (tertiary/aromatic N) is 1. The molecule has 2 rings (SSSR count). The van der Waals surface area contributed by atoms with Gasteiger partial charge in [-0.05, 0) is 30.2 Å². The van der Waals surface area contributed by atoms with Crippen LogP contribution < -0.4 is 5.73 Å². The van der Waals surface area contributed by atoms with Gasteiger partial charge in [0, 0.05) is 16.8 Å². The van der Waals surface area contributed by atoms with Gasteiger partial charge in [0.15, 0.2) is 0 Å². The average molecular weight is 257 g/mol. The highest BCUT2D eigenvalue weighted by atomic mass is 32.2. The van der Waals surface area contributed by atoms with E-state index in [1.54, 1.807) is 24.0 Å². The first-order chi connectivity index (χ1) is 8.66. The standard InChI is InChI=1S/C14H15N3S/c1-10-4-2-3-5-11(10)9-18-12-6-7-13(14(15)16)17-8-12/h2-8H,9H2,1H3,(H3,15,16). The van der Waals surface area contributed by atoms with Crippen molar-refractivity contribution in [3.05, 3.63) is 59.4 Å². The summed E-state index contributed by atoms with van der Waals surface area (Å²) in [5, 5.41) is 7.28. The Kier molecular flexibility index (Phi) is 3.99. The van der Waals surface area contributed by atoms with E-state index in [2.05, 4.69) is 30.1 Å². The quantitative estimate of drug-likeness (QED) is 0.503. The molecule has 0 amide bonds. The zero-order valence-corrected chi connectivity index (χ0v) is 11.0. The molecule has 0 saturated heterocycles. The highest BCUT2D eigenvalue weighted by Crippen LogP contribution is 2.23. The first kappa shape index (κ1) is 12.6. The number of aromatic nitrogens is 1. The summed E-state index contributed by atoms with van der Waals surface area (Å²) in [5.74, 6) is 0.929. The second kappa shape index (κ2) is 5.69. The first-order valence-corrected chi connectivity index (χ1v) is 6.63. The van der Waals surface area contributed by atoms with E-state index in [4.69, 9.17) is 11.1 Å². The predicted octanol–water partition coefficient (Wildman–Crippen LogP) is 2.97. The van der Waals surface area contributed by atoms with Gasteiger partial charge >= 0.3 is 0 Å². The van der Waals surface area contributed by atoms with Gasteiger partial charge in [0.1, 0.15) is 11.5 Å². The van der Waals surface area contributed by atoms with Crippen LogP contribution in [0.1, 0.15) is 16.8 Å². The Balaban J connectivity index is 2.02. The highest BCUT2D eigenvalue weighted by Gasteiger charge is 2.01. The Morgan fingerprint density at radius 3 is 2.67 bits per heavy atom. The molecular weight excluding hydrogens is 242 g/mol. The Bertz CT molecular complexity index is 549. The number of amidine groups is 1. The number of rotatable bonds is 4. The summed E-state index contributed by atoms with van der Waals surface area (Å²) < 4.78 is 0. The van der Waals surface area contributed by atoms with Gasteiger partial charge in [-0.2, -0.15) is 0 Å². The minimum absolute atomic E-state index is 0.00505. The predicted molar refractivity (Wildman–Crippen MR) is 76.0 cm³/mol. The van der Waals surface area contributed by atoms with Gasteiger partial charge in [-0.15, -0.1) is 11.8 Å². The number of benzene rings is 1. The zero-order chi connectivity index (χ0) is 13.0. The Morgan fingerprint density at radius 1 is 1.28 bits per heavy atom. The zero-order valence-electron chi connectivity index (χ0n) is 10.2. The van der Waals surface area contributed by atoms with Crippen LogP contribution in [0.3, 0.4) is 0 Å². The molecule has 0 saturated carbocycles. The van der Waals surface area contributed by atoms with Crippen LogP contribution in [0, 0.1) is 12.3 Å². The summed E-state index contributed by atoms with van der Waals surface area (Å²) in [6.07, 6.45) is 1.76. The first-order valence-electron chi connectivity index (χ1n) is 5.64. The van der Waals surface area contributed by atoms with Gasteiger partial charge in [-0.3, -0.25) is 10.4 Å². The smallest absolute Gasteiger partial charge is 0.141 e. The van der Waals surface area contributed by atoms with Crippen molar-refractivity contribution in [1.82, 2.24) is 4.98 Å². The van der Waals surface area contributed by atoms with E-state index in [0.717, 1.165) is 10.6 Å². The molecular formula is C14H15N3S. The average Bonchev–Trinajstić information content (AvgIpc) is 2.38. The maximum Gasteiger partial charge on any atom is 0.141 e. The second-order valence-corrected chi connectivity index (χ2v) is 5.06. The van der Waals surface area contributed by atoms with Gasteiger partial charge < -0.3 is 5.73 Å². The Hall–Kier alpha value is -1.81. The molecule has 1 aromatic carbocycles. The number of nitrogens with two attached hydrogens (primary N) is 1. The van der Waals surface area contributed by atoms with Crippen molar-refractivity contribution < 1.29 is 0 Å². The third-order valence-corrected chi connectivity index (χ3v) is 3.70. The summed E-state index contributed by atoms with van der Waals surface area (Å²) in [4.78, 5) is 5.23. The molecule has 0 aliphatic heterocycles. The van der Waals surface area contributed by atoms with E-state index in [0.29, 0.717) is 5.69 Å². The molecule has 0 bridgehead atoms. The third-order valence-electron chi connectivity index (χ3n) is 2.67. The van der Waals surface area contributed by atoms with E-state index in [-0.39, 0.29) is 5.84 Å². The minimum Gasteiger partial charge on any atom is -0.382 e. The fraction of sp³-hybridized carbons (Fsp3) is 0.143. The normalized spacial score (nSPS) is 10.3. The largest absolute Gasteiger partial charge is 0.382 e. The molecule has 0 unspecified atom stereocenters. The summed E-state index contributed by atoms with van der Waals surface area (Å²) in [5.41, 5.74) is 8.52. The Labute approximate surface area is 111 Å². The van der Waals surface area contributed by atoms with Crippen molar-refractivity contribution in [1.29, 1.82) is 5.41 Å². The lowest BCUT2D eigenvalue weighted by Crippen LogP contribution is -2.12. The van der Waals surface area contributed by atoms with E-state index in [1.165, 1.54) is 11.1 Å². The monoisotopic (exact) mass is 257 g/mol. The SMILES string of the molecule is Cc1ccccc1CSc1ccc(C(=N)N)nc1. The number of hydrogen-bond acceptors (Lipinski definition) is 3. The number of pyridine rings is 1. The lowest BCUT2D eigenvalue weighted by atomic mass is 10.1. The summed E-state index contributed by atoms with van der Waals surface area (Å²) in [6.45, 7) is 2.12. The molecule has 92 valence electrons. The molecule has 3 N–H and O–H groups in total. The molecule has 0 aliphatic rings. The Morgan fingerprint density at radius 2 is 2.06 bits per heavy atom. The summed E-state index contributed by atoms with van der Waals surface area (Å²) in [7, 11) is 0. The van der Waals surface area contributed by atoms with Gasteiger partial charge in [-0.1, -0.05) is 24.3 Å². The number of nitrogen functional groups attached to an aromatic ring is 1. The summed E-state index contributed by atoms with van der Waals surface area (Å²) in [6, 6.07) is 12.1. The molecule has 0 atom stereocenters. The lowest BCUT2D eigenvalue weighted by molar-refractivity contribution is 1.19. The van der Waals surface area contributed by atoms with Crippen LogP contribution >= 0.6 is 11.8 Å². The van der Waals surface area contributed by atoms with E-state index >= 15 is 0 Å². The molecule has 18 heavy (non-hydrogen) atoms. The van der Waals surface area contributed by atoms with Crippen molar-refractivity contribution in [3.8, 4) is 0 Å². The van der Waals surface area contributed by atoms with Crippen molar-refractivity contribution in [2.75, 3.05) is 0 Å². The molecule has 0 radical (unpaired) electrons. The van der Waals surface area contributed by atoms with Crippen LogP contribution in [-0.2, 0) is 5.75 Å². The highest BCUT2D eigenvalue weighted by molar-refractivity contribution is 7.98. The van der Waals surface area contributed by atoms with Crippen LogP contribution in [0.25, 0.3) is 0 Å². The fourth-order valence-electron chi connectivity index (χ4n) is 1.56. The molecule has 1 aromatic heterocycles. The molecule has 3 nitrogen and oxygen atoms in total. The molecule has 1 heterocycles. The third kappa shape index (κ3) is 3.11. The van der Waals surface area contributed by atoms with Gasteiger partial charge in [0.2, 0.25) is 0 Å². The van der Waals surface area contributed by atoms with Crippen LogP contribution in [0.4, 0.5) is 0 Å². The van der Waals surface area contributed by atoms with E-state index in [9.17, 15) is 0 Å². The molecule has 0 aliphatic carbocycles. The van der Waals surface area contributed by atoms with Gasteiger partial charge in [0.25, 0.3) is 0 Å². The van der Waals surface area contributed by atoms with Gasteiger partial charge in [0.05, 0.1) is 0 Å². The van der Waals surface area contributed by atoms with Crippen LogP contribution in [0.2, 0.25) is 0 Å². The maximum atomic E-state index is 7.28. The lowest BCUT2D eigenvalue weighted by Gasteiger charge is -2.05. The minimum atomic E-state index is 0.00505. The van der Waals surface area contributed by atoms with E-state index in [1.807, 2.05) is 12.1 Å². The maximum absolute atomic E-state index is 7.28.